The fourth-order valence-electron chi connectivity index (χ4n) is 3.20. The highest BCUT2D eigenvalue weighted by Crippen LogP contribution is 2.49. The maximum atomic E-state index is 2.39. The Morgan fingerprint density at radius 3 is 1.33 bits per heavy atom. The standard InChI is InChI=1S/C22H22S2/c1-21(2,19-13-15-9-5-7-11-17(15)23-19)22(3,4)20-14-16-10-6-8-12-18(16)24-20/h5-14H,1-4H3. The molecule has 24 heavy (non-hydrogen) atoms. The molecule has 0 aliphatic carbocycles. The highest BCUT2D eigenvalue weighted by molar-refractivity contribution is 7.19. The molecule has 0 aliphatic rings. The van der Waals surface area contributed by atoms with Crippen LogP contribution in [-0.4, -0.2) is 0 Å². The van der Waals surface area contributed by atoms with Gasteiger partial charge in [0.15, 0.2) is 0 Å². The molecular formula is C22H22S2. The van der Waals surface area contributed by atoms with E-state index in [0.29, 0.717) is 0 Å². The van der Waals surface area contributed by atoms with Gasteiger partial charge in [0, 0.05) is 30.0 Å². The molecule has 0 N–H and O–H groups in total. The molecule has 0 fully saturated rings. The number of thiophene rings is 2. The van der Waals surface area contributed by atoms with Crippen molar-refractivity contribution in [2.75, 3.05) is 0 Å². The van der Waals surface area contributed by atoms with Crippen LogP contribution in [0, 0.1) is 0 Å². The second-order valence-electron chi connectivity index (χ2n) is 7.55. The highest BCUT2D eigenvalue weighted by Gasteiger charge is 2.41. The molecular weight excluding hydrogens is 328 g/mol. The Labute approximate surface area is 151 Å². The van der Waals surface area contributed by atoms with Crippen molar-refractivity contribution in [3.63, 3.8) is 0 Å². The molecule has 122 valence electrons. The first-order valence-corrected chi connectivity index (χ1v) is 10.0. The molecule has 0 radical (unpaired) electrons. The lowest BCUT2D eigenvalue weighted by molar-refractivity contribution is 0.314. The zero-order chi connectivity index (χ0) is 16.9. The number of rotatable bonds is 3. The maximum Gasteiger partial charge on any atom is 0.0345 e. The van der Waals surface area contributed by atoms with Crippen LogP contribution in [0.25, 0.3) is 20.2 Å². The Balaban J connectivity index is 1.83. The molecule has 4 aromatic rings. The van der Waals surface area contributed by atoms with Crippen LogP contribution in [0.3, 0.4) is 0 Å². The second kappa shape index (κ2) is 5.44. The summed E-state index contributed by atoms with van der Waals surface area (Å²) in [6, 6.07) is 22.2. The maximum absolute atomic E-state index is 2.39. The topological polar surface area (TPSA) is 0 Å². The lowest BCUT2D eigenvalue weighted by Gasteiger charge is -2.40. The number of hydrogen-bond donors (Lipinski definition) is 0. The lowest BCUT2D eigenvalue weighted by atomic mass is 9.66. The molecule has 2 heteroatoms. The Bertz CT molecular complexity index is 865. The van der Waals surface area contributed by atoms with Crippen molar-refractivity contribution in [3.8, 4) is 0 Å². The third-order valence-corrected chi connectivity index (χ3v) is 8.53. The second-order valence-corrected chi connectivity index (χ2v) is 9.71. The molecule has 2 heterocycles. The van der Waals surface area contributed by atoms with Gasteiger partial charge in [0.05, 0.1) is 0 Å². The molecule has 0 bridgehead atoms. The molecule has 0 unspecified atom stereocenters. The third-order valence-electron chi connectivity index (χ3n) is 5.65. The van der Waals surface area contributed by atoms with Crippen LogP contribution in [0.15, 0.2) is 60.7 Å². The monoisotopic (exact) mass is 350 g/mol. The SMILES string of the molecule is CC(C)(c1cc2ccccc2s1)C(C)(C)c1cc2ccccc2s1. The smallest absolute Gasteiger partial charge is 0.0345 e. The third kappa shape index (κ3) is 2.32. The van der Waals surface area contributed by atoms with E-state index >= 15 is 0 Å². The van der Waals surface area contributed by atoms with Crippen molar-refractivity contribution in [1.29, 1.82) is 0 Å². The van der Waals surface area contributed by atoms with Crippen LogP contribution in [0.4, 0.5) is 0 Å². The quantitative estimate of drug-likeness (QED) is 0.362. The molecule has 2 aromatic heterocycles. The van der Waals surface area contributed by atoms with Crippen molar-refractivity contribution in [3.05, 3.63) is 70.4 Å². The molecule has 0 spiro atoms. The van der Waals surface area contributed by atoms with E-state index in [1.54, 1.807) is 0 Å². The molecule has 2 aromatic carbocycles. The average molecular weight is 351 g/mol. The molecule has 0 aliphatic heterocycles. The van der Waals surface area contributed by atoms with E-state index in [1.807, 2.05) is 22.7 Å². The summed E-state index contributed by atoms with van der Waals surface area (Å²) < 4.78 is 2.76. The Morgan fingerprint density at radius 2 is 0.958 bits per heavy atom. The Hall–Kier alpha value is -1.64. The van der Waals surface area contributed by atoms with E-state index in [1.165, 1.54) is 29.9 Å². The van der Waals surface area contributed by atoms with Crippen molar-refractivity contribution in [2.24, 2.45) is 0 Å². The minimum atomic E-state index is 0.0670. The highest BCUT2D eigenvalue weighted by atomic mass is 32.1. The first kappa shape index (κ1) is 15.9. The van der Waals surface area contributed by atoms with Gasteiger partial charge in [0.2, 0.25) is 0 Å². The zero-order valence-corrected chi connectivity index (χ0v) is 16.2. The van der Waals surface area contributed by atoms with Crippen LogP contribution in [-0.2, 0) is 10.8 Å². The summed E-state index contributed by atoms with van der Waals surface area (Å²) >= 11 is 3.87. The summed E-state index contributed by atoms with van der Waals surface area (Å²) in [5.41, 5.74) is 0.134. The zero-order valence-electron chi connectivity index (χ0n) is 14.6. The predicted molar refractivity (Wildman–Crippen MR) is 110 cm³/mol. The normalized spacial score (nSPS) is 13.0. The molecule has 0 atom stereocenters. The Kier molecular flexibility index (Phi) is 3.59. The molecule has 0 saturated carbocycles. The van der Waals surface area contributed by atoms with E-state index in [4.69, 9.17) is 0 Å². The summed E-state index contributed by atoms with van der Waals surface area (Å²) in [5.74, 6) is 0. The van der Waals surface area contributed by atoms with E-state index in [-0.39, 0.29) is 10.8 Å². The molecule has 0 nitrogen and oxygen atoms in total. The van der Waals surface area contributed by atoms with Gasteiger partial charge in [-0.25, -0.2) is 0 Å². The van der Waals surface area contributed by atoms with Crippen LogP contribution in [0.5, 0.6) is 0 Å². The van der Waals surface area contributed by atoms with Gasteiger partial charge in [-0.05, 0) is 35.0 Å². The van der Waals surface area contributed by atoms with Crippen LogP contribution < -0.4 is 0 Å². The van der Waals surface area contributed by atoms with E-state index in [2.05, 4.69) is 88.4 Å². The van der Waals surface area contributed by atoms with Crippen LogP contribution >= 0.6 is 22.7 Å². The summed E-state index contributed by atoms with van der Waals surface area (Å²) in [4.78, 5) is 2.93. The van der Waals surface area contributed by atoms with E-state index in [0.717, 1.165) is 0 Å². The van der Waals surface area contributed by atoms with Gasteiger partial charge in [0.1, 0.15) is 0 Å². The largest absolute Gasteiger partial charge is 0.140 e. The van der Waals surface area contributed by atoms with E-state index < -0.39 is 0 Å². The molecule has 0 saturated heterocycles. The lowest BCUT2D eigenvalue weighted by Crippen LogP contribution is -2.39. The van der Waals surface area contributed by atoms with Gasteiger partial charge >= 0.3 is 0 Å². The Morgan fingerprint density at radius 1 is 0.583 bits per heavy atom. The van der Waals surface area contributed by atoms with Crippen LogP contribution in [0.2, 0.25) is 0 Å². The van der Waals surface area contributed by atoms with Gasteiger partial charge in [0.25, 0.3) is 0 Å². The number of hydrogen-bond acceptors (Lipinski definition) is 2. The van der Waals surface area contributed by atoms with Crippen molar-refractivity contribution >= 4 is 42.8 Å². The van der Waals surface area contributed by atoms with Gasteiger partial charge in [-0.2, -0.15) is 0 Å². The van der Waals surface area contributed by atoms with Gasteiger partial charge < -0.3 is 0 Å². The van der Waals surface area contributed by atoms with Crippen LogP contribution in [0.1, 0.15) is 37.4 Å². The summed E-state index contributed by atoms with van der Waals surface area (Å²) in [7, 11) is 0. The minimum Gasteiger partial charge on any atom is -0.140 e. The summed E-state index contributed by atoms with van der Waals surface area (Å²) in [5, 5.41) is 2.72. The minimum absolute atomic E-state index is 0.0670. The first-order valence-electron chi connectivity index (χ1n) is 8.38. The predicted octanol–water partition coefficient (Wildman–Crippen LogP) is 7.37. The number of fused-ring (bicyclic) bond motifs is 2. The van der Waals surface area contributed by atoms with E-state index in [9.17, 15) is 0 Å². The van der Waals surface area contributed by atoms with Gasteiger partial charge in [-0.1, -0.05) is 64.1 Å². The molecule has 0 amide bonds. The fourth-order valence-corrected chi connectivity index (χ4v) is 5.84. The van der Waals surface area contributed by atoms with Gasteiger partial charge in [-0.3, -0.25) is 0 Å². The van der Waals surface area contributed by atoms with Crippen molar-refractivity contribution in [1.82, 2.24) is 0 Å². The summed E-state index contributed by atoms with van der Waals surface area (Å²) in [6.45, 7) is 9.56. The summed E-state index contributed by atoms with van der Waals surface area (Å²) in [6.07, 6.45) is 0. The van der Waals surface area contributed by atoms with Gasteiger partial charge in [-0.15, -0.1) is 22.7 Å². The average Bonchev–Trinajstić information content (AvgIpc) is 3.19. The number of benzene rings is 2. The van der Waals surface area contributed by atoms with Crippen molar-refractivity contribution in [2.45, 2.75) is 38.5 Å². The first-order chi connectivity index (χ1) is 11.4. The molecule has 4 rings (SSSR count). The fraction of sp³-hybridized carbons (Fsp3) is 0.273. The van der Waals surface area contributed by atoms with Crippen molar-refractivity contribution < 1.29 is 0 Å².